The SMILES string of the molecule is Cc1ccc(NC(=O)Cn2nc3c(Oc4ccccc4C)nccn3c2=O)cc1F. The van der Waals surface area contributed by atoms with Crippen LogP contribution in [0.15, 0.2) is 59.7 Å². The summed E-state index contributed by atoms with van der Waals surface area (Å²) in [6.45, 7) is 3.17. The lowest BCUT2D eigenvalue weighted by atomic mass is 10.2. The van der Waals surface area contributed by atoms with Gasteiger partial charge in [0.1, 0.15) is 18.1 Å². The van der Waals surface area contributed by atoms with E-state index >= 15 is 0 Å². The summed E-state index contributed by atoms with van der Waals surface area (Å²) < 4.78 is 21.7. The number of ether oxygens (including phenoxy) is 1. The number of amides is 1. The number of benzene rings is 2. The van der Waals surface area contributed by atoms with Gasteiger partial charge in [0.05, 0.1) is 0 Å². The number of para-hydroxylation sites is 1. The Morgan fingerprint density at radius 2 is 1.97 bits per heavy atom. The first kappa shape index (κ1) is 19.3. The quantitative estimate of drug-likeness (QED) is 0.549. The number of carbonyl (C=O) groups is 1. The fraction of sp³-hybridized carbons (Fsp3) is 0.143. The van der Waals surface area contributed by atoms with Gasteiger partial charge in [-0.05, 0) is 43.2 Å². The second kappa shape index (κ2) is 7.78. The van der Waals surface area contributed by atoms with E-state index < -0.39 is 17.4 Å². The monoisotopic (exact) mass is 407 g/mol. The number of fused-ring (bicyclic) bond motifs is 1. The average Bonchev–Trinajstić information content (AvgIpc) is 3.03. The third kappa shape index (κ3) is 3.77. The van der Waals surface area contributed by atoms with Crippen LogP contribution in [-0.2, 0) is 11.3 Å². The molecule has 0 bridgehead atoms. The molecular weight excluding hydrogens is 389 g/mol. The van der Waals surface area contributed by atoms with E-state index in [1.54, 1.807) is 25.1 Å². The topological polar surface area (TPSA) is 90.5 Å². The van der Waals surface area contributed by atoms with Gasteiger partial charge >= 0.3 is 5.69 Å². The van der Waals surface area contributed by atoms with Gasteiger partial charge in [-0.3, -0.25) is 4.79 Å². The highest BCUT2D eigenvalue weighted by molar-refractivity contribution is 5.90. The number of aryl methyl sites for hydroxylation is 2. The van der Waals surface area contributed by atoms with Crippen molar-refractivity contribution in [1.82, 2.24) is 19.2 Å². The van der Waals surface area contributed by atoms with Crippen molar-refractivity contribution in [3.63, 3.8) is 0 Å². The molecule has 8 nitrogen and oxygen atoms in total. The third-order valence-corrected chi connectivity index (χ3v) is 4.52. The summed E-state index contributed by atoms with van der Waals surface area (Å²) >= 11 is 0. The summed E-state index contributed by atoms with van der Waals surface area (Å²) in [6, 6.07) is 11.7. The van der Waals surface area contributed by atoms with Crippen LogP contribution in [0.1, 0.15) is 11.1 Å². The minimum Gasteiger partial charge on any atom is -0.436 e. The predicted octanol–water partition coefficient (Wildman–Crippen LogP) is 3.08. The molecule has 1 amide bonds. The van der Waals surface area contributed by atoms with Gasteiger partial charge < -0.3 is 10.1 Å². The molecule has 0 saturated heterocycles. The van der Waals surface area contributed by atoms with E-state index in [9.17, 15) is 14.0 Å². The zero-order chi connectivity index (χ0) is 21.3. The second-order valence-electron chi connectivity index (χ2n) is 6.75. The molecule has 0 spiro atoms. The van der Waals surface area contributed by atoms with Gasteiger partial charge in [-0.25, -0.2) is 23.3 Å². The van der Waals surface area contributed by atoms with E-state index in [0.717, 1.165) is 10.2 Å². The van der Waals surface area contributed by atoms with Gasteiger partial charge in [-0.2, -0.15) is 0 Å². The zero-order valence-corrected chi connectivity index (χ0v) is 16.3. The highest BCUT2D eigenvalue weighted by Gasteiger charge is 2.16. The maximum Gasteiger partial charge on any atom is 0.351 e. The van der Waals surface area contributed by atoms with Crippen molar-refractivity contribution in [2.75, 3.05) is 5.32 Å². The number of carbonyl (C=O) groups excluding carboxylic acids is 1. The van der Waals surface area contributed by atoms with Gasteiger partial charge in [-0.15, -0.1) is 5.10 Å². The van der Waals surface area contributed by atoms with E-state index in [1.165, 1.54) is 22.9 Å². The molecule has 0 atom stereocenters. The molecule has 9 heteroatoms. The van der Waals surface area contributed by atoms with Crippen LogP contribution in [0.2, 0.25) is 0 Å². The molecule has 0 aliphatic carbocycles. The minimum absolute atomic E-state index is 0.142. The Bertz CT molecular complexity index is 1310. The van der Waals surface area contributed by atoms with Crippen LogP contribution in [0.5, 0.6) is 11.6 Å². The van der Waals surface area contributed by atoms with Gasteiger partial charge in [0.15, 0.2) is 0 Å². The Morgan fingerprint density at radius 3 is 2.73 bits per heavy atom. The Labute approximate surface area is 170 Å². The Hall–Kier alpha value is -4.01. The number of hydrogen-bond donors (Lipinski definition) is 1. The van der Waals surface area contributed by atoms with Crippen LogP contribution in [-0.4, -0.2) is 25.1 Å². The lowest BCUT2D eigenvalue weighted by molar-refractivity contribution is -0.117. The van der Waals surface area contributed by atoms with E-state index in [1.807, 2.05) is 25.1 Å². The predicted molar refractivity (Wildman–Crippen MR) is 108 cm³/mol. The smallest absolute Gasteiger partial charge is 0.351 e. The molecule has 1 N–H and O–H groups in total. The lowest BCUT2D eigenvalue weighted by Gasteiger charge is -2.07. The number of rotatable bonds is 5. The van der Waals surface area contributed by atoms with Crippen LogP contribution in [0.4, 0.5) is 10.1 Å². The molecule has 0 aliphatic heterocycles. The van der Waals surface area contributed by atoms with Crippen LogP contribution < -0.4 is 15.7 Å². The van der Waals surface area contributed by atoms with Gasteiger partial charge in [-0.1, -0.05) is 24.3 Å². The Balaban J connectivity index is 1.60. The minimum atomic E-state index is -0.521. The van der Waals surface area contributed by atoms with E-state index in [4.69, 9.17) is 4.74 Å². The fourth-order valence-corrected chi connectivity index (χ4v) is 2.88. The van der Waals surface area contributed by atoms with Crippen molar-refractivity contribution in [1.29, 1.82) is 0 Å². The summed E-state index contributed by atoms with van der Waals surface area (Å²) in [6.07, 6.45) is 2.86. The average molecular weight is 407 g/mol. The molecule has 30 heavy (non-hydrogen) atoms. The maximum atomic E-state index is 13.7. The molecule has 0 unspecified atom stereocenters. The first-order chi connectivity index (χ1) is 14.4. The highest BCUT2D eigenvalue weighted by atomic mass is 19.1. The molecule has 4 aromatic rings. The zero-order valence-electron chi connectivity index (χ0n) is 16.3. The van der Waals surface area contributed by atoms with E-state index in [0.29, 0.717) is 17.0 Å². The molecule has 2 aromatic heterocycles. The number of anilines is 1. The Kier molecular flexibility index (Phi) is 5.01. The number of halogens is 1. The van der Waals surface area contributed by atoms with Crippen LogP contribution >= 0.6 is 0 Å². The molecule has 0 saturated carbocycles. The first-order valence-corrected chi connectivity index (χ1v) is 9.16. The second-order valence-corrected chi connectivity index (χ2v) is 6.75. The number of aromatic nitrogens is 4. The summed E-state index contributed by atoms with van der Waals surface area (Å²) in [5.74, 6) is -0.220. The van der Waals surface area contributed by atoms with Gasteiger partial charge in [0.25, 0.3) is 5.88 Å². The summed E-state index contributed by atoms with van der Waals surface area (Å²) in [5, 5.41) is 6.75. The lowest BCUT2D eigenvalue weighted by Crippen LogP contribution is -2.28. The normalized spacial score (nSPS) is 10.9. The van der Waals surface area contributed by atoms with Gasteiger partial charge in [0.2, 0.25) is 11.6 Å². The van der Waals surface area contributed by atoms with Crippen molar-refractivity contribution >= 4 is 17.2 Å². The summed E-state index contributed by atoms with van der Waals surface area (Å²) in [4.78, 5) is 29.1. The van der Waals surface area contributed by atoms with E-state index in [-0.39, 0.29) is 18.1 Å². The number of hydrogen-bond acceptors (Lipinski definition) is 5. The molecule has 2 heterocycles. The van der Waals surface area contributed by atoms with E-state index in [2.05, 4.69) is 15.4 Å². The standard InChI is InChI=1S/C21H18FN5O3/c1-13-7-8-15(11-16(13)22)24-18(28)12-27-21(29)26-10-9-23-20(19(26)25-27)30-17-6-4-3-5-14(17)2/h3-11H,12H2,1-2H3,(H,24,28). The van der Waals surface area contributed by atoms with Crippen molar-refractivity contribution in [3.05, 3.63) is 82.3 Å². The van der Waals surface area contributed by atoms with Gasteiger partial charge in [0, 0.05) is 18.1 Å². The Morgan fingerprint density at radius 1 is 1.17 bits per heavy atom. The summed E-state index contributed by atoms with van der Waals surface area (Å²) in [5.41, 5.74) is 1.32. The first-order valence-electron chi connectivity index (χ1n) is 9.16. The molecule has 4 rings (SSSR count). The van der Waals surface area contributed by atoms with Crippen molar-refractivity contribution in [3.8, 4) is 11.6 Å². The highest BCUT2D eigenvalue weighted by Crippen LogP contribution is 2.24. The fourth-order valence-electron chi connectivity index (χ4n) is 2.88. The van der Waals surface area contributed by atoms with Crippen LogP contribution in [0.25, 0.3) is 5.65 Å². The van der Waals surface area contributed by atoms with Crippen LogP contribution in [0, 0.1) is 19.7 Å². The largest absolute Gasteiger partial charge is 0.436 e. The number of nitrogens with zero attached hydrogens (tertiary/aromatic N) is 4. The van der Waals surface area contributed by atoms with Crippen molar-refractivity contribution in [2.24, 2.45) is 0 Å². The summed E-state index contributed by atoms with van der Waals surface area (Å²) in [7, 11) is 0. The number of nitrogens with one attached hydrogen (secondary N) is 1. The maximum absolute atomic E-state index is 13.7. The molecule has 2 aromatic carbocycles. The van der Waals surface area contributed by atoms with Crippen molar-refractivity contribution < 1.29 is 13.9 Å². The van der Waals surface area contributed by atoms with Crippen molar-refractivity contribution in [2.45, 2.75) is 20.4 Å². The molecule has 0 radical (unpaired) electrons. The van der Waals surface area contributed by atoms with Crippen LogP contribution in [0.3, 0.4) is 0 Å². The third-order valence-electron chi connectivity index (χ3n) is 4.52. The molecular formula is C21H18FN5O3. The molecule has 0 aliphatic rings. The molecule has 0 fully saturated rings. The molecule has 152 valence electrons.